The van der Waals surface area contributed by atoms with Crippen LogP contribution in [-0.4, -0.2) is 50.3 Å². The van der Waals surface area contributed by atoms with Crippen molar-refractivity contribution in [3.05, 3.63) is 30.1 Å². The smallest absolute Gasteiger partial charge is 0.151 e. The first-order valence-corrected chi connectivity index (χ1v) is 7.81. The Labute approximate surface area is 107 Å². The van der Waals surface area contributed by atoms with Crippen molar-refractivity contribution in [3.63, 3.8) is 0 Å². The van der Waals surface area contributed by atoms with Crippen molar-refractivity contribution in [2.45, 2.75) is 12.5 Å². The first kappa shape index (κ1) is 13.2. The van der Waals surface area contributed by atoms with E-state index in [1.54, 1.807) is 18.6 Å². The van der Waals surface area contributed by atoms with E-state index in [9.17, 15) is 8.42 Å². The number of nitrogens with zero attached hydrogens (tertiary/aromatic N) is 2. The number of sulfone groups is 1. The number of hydrogen-bond donors (Lipinski definition) is 1. The van der Waals surface area contributed by atoms with Gasteiger partial charge in [-0.1, -0.05) is 0 Å². The van der Waals surface area contributed by atoms with Crippen LogP contribution in [0, 0.1) is 0 Å². The van der Waals surface area contributed by atoms with E-state index in [-0.39, 0.29) is 11.8 Å². The Bertz CT molecular complexity index is 499. The van der Waals surface area contributed by atoms with Gasteiger partial charge in [-0.05, 0) is 24.1 Å². The molecule has 5 nitrogen and oxygen atoms in total. The maximum Gasteiger partial charge on any atom is 0.151 e. The number of pyridine rings is 1. The molecule has 2 heterocycles. The molecule has 1 saturated heterocycles. The fourth-order valence-electron chi connectivity index (χ4n) is 1.91. The Morgan fingerprint density at radius 3 is 2.89 bits per heavy atom. The van der Waals surface area contributed by atoms with Gasteiger partial charge in [-0.15, -0.1) is 0 Å². The molecule has 0 amide bonds. The van der Waals surface area contributed by atoms with Crippen LogP contribution < -0.4 is 5.32 Å². The lowest BCUT2D eigenvalue weighted by Gasteiger charge is -2.08. The molecule has 0 aromatic carbocycles. The Hall–Kier alpha value is -1.27. The van der Waals surface area contributed by atoms with Gasteiger partial charge in [0.2, 0.25) is 0 Å². The van der Waals surface area contributed by atoms with Crippen LogP contribution in [0.25, 0.3) is 0 Å². The summed E-state index contributed by atoms with van der Waals surface area (Å²) in [5.74, 6) is 0.575. The fraction of sp³-hybridized carbons (Fsp3) is 0.500. The highest BCUT2D eigenvalue weighted by atomic mass is 32.2. The molecule has 18 heavy (non-hydrogen) atoms. The SMILES string of the molecule is O=S1(=O)CC[C@@H](NCCN=Cc2ccncc2)C1. The molecular weight excluding hydrogens is 250 g/mol. The van der Waals surface area contributed by atoms with Gasteiger partial charge in [-0.2, -0.15) is 0 Å². The van der Waals surface area contributed by atoms with E-state index < -0.39 is 9.84 Å². The van der Waals surface area contributed by atoms with Crippen molar-refractivity contribution in [2.24, 2.45) is 4.99 Å². The third-order valence-corrected chi connectivity index (χ3v) is 4.62. The number of hydrogen-bond acceptors (Lipinski definition) is 5. The molecule has 0 unspecified atom stereocenters. The van der Waals surface area contributed by atoms with E-state index in [1.165, 1.54) is 0 Å². The van der Waals surface area contributed by atoms with Crippen molar-refractivity contribution in [3.8, 4) is 0 Å². The van der Waals surface area contributed by atoms with Gasteiger partial charge >= 0.3 is 0 Å². The first-order valence-electron chi connectivity index (χ1n) is 5.99. The van der Waals surface area contributed by atoms with E-state index in [4.69, 9.17) is 0 Å². The zero-order chi connectivity index (χ0) is 12.8. The monoisotopic (exact) mass is 267 g/mol. The maximum absolute atomic E-state index is 11.2. The van der Waals surface area contributed by atoms with Crippen LogP contribution in [-0.2, 0) is 9.84 Å². The number of aliphatic imine (C=N–C) groups is 1. The number of aromatic nitrogens is 1. The first-order chi connectivity index (χ1) is 8.66. The third-order valence-electron chi connectivity index (χ3n) is 2.85. The molecule has 1 N–H and O–H groups in total. The van der Waals surface area contributed by atoms with Crippen molar-refractivity contribution in [2.75, 3.05) is 24.6 Å². The minimum atomic E-state index is -2.79. The van der Waals surface area contributed by atoms with Crippen LogP contribution in [0.15, 0.2) is 29.5 Å². The van der Waals surface area contributed by atoms with E-state index in [0.29, 0.717) is 18.8 Å². The second-order valence-electron chi connectivity index (χ2n) is 4.37. The summed E-state index contributed by atoms with van der Waals surface area (Å²) >= 11 is 0. The molecule has 1 aliphatic heterocycles. The molecule has 2 rings (SSSR count). The Balaban J connectivity index is 1.66. The van der Waals surface area contributed by atoms with Gasteiger partial charge in [0, 0.05) is 31.2 Å². The van der Waals surface area contributed by atoms with Gasteiger partial charge < -0.3 is 5.32 Å². The Morgan fingerprint density at radius 1 is 1.44 bits per heavy atom. The predicted molar refractivity (Wildman–Crippen MR) is 71.8 cm³/mol. The van der Waals surface area contributed by atoms with Crippen LogP contribution in [0.1, 0.15) is 12.0 Å². The Kier molecular flexibility index (Phi) is 4.43. The van der Waals surface area contributed by atoms with Crippen molar-refractivity contribution in [1.82, 2.24) is 10.3 Å². The molecule has 0 bridgehead atoms. The molecule has 0 spiro atoms. The number of rotatable bonds is 5. The molecule has 1 atom stereocenters. The van der Waals surface area contributed by atoms with Crippen LogP contribution in [0.4, 0.5) is 0 Å². The summed E-state index contributed by atoms with van der Waals surface area (Å²) in [4.78, 5) is 8.20. The topological polar surface area (TPSA) is 71.4 Å². The van der Waals surface area contributed by atoms with Gasteiger partial charge in [0.1, 0.15) is 0 Å². The largest absolute Gasteiger partial charge is 0.311 e. The van der Waals surface area contributed by atoms with Crippen LogP contribution >= 0.6 is 0 Å². The zero-order valence-corrected chi connectivity index (χ0v) is 10.9. The maximum atomic E-state index is 11.2. The molecular formula is C12H17N3O2S. The van der Waals surface area contributed by atoms with Crippen LogP contribution in [0.2, 0.25) is 0 Å². The second-order valence-corrected chi connectivity index (χ2v) is 6.60. The highest BCUT2D eigenvalue weighted by molar-refractivity contribution is 7.91. The van der Waals surface area contributed by atoms with E-state index in [1.807, 2.05) is 12.1 Å². The summed E-state index contributed by atoms with van der Waals surface area (Å²) < 4.78 is 22.5. The quantitative estimate of drug-likeness (QED) is 0.614. The molecule has 1 aromatic rings. The highest BCUT2D eigenvalue weighted by Crippen LogP contribution is 2.10. The summed E-state index contributed by atoms with van der Waals surface area (Å²) in [7, 11) is -2.79. The summed E-state index contributed by atoms with van der Waals surface area (Å²) in [6, 6.07) is 3.88. The minimum absolute atomic E-state index is 0.103. The van der Waals surface area contributed by atoms with Crippen molar-refractivity contribution < 1.29 is 8.42 Å². The summed E-state index contributed by atoms with van der Waals surface area (Å²) in [5, 5.41) is 3.22. The molecule has 0 saturated carbocycles. The third kappa shape index (κ3) is 4.19. The molecule has 6 heteroatoms. The highest BCUT2D eigenvalue weighted by Gasteiger charge is 2.26. The lowest BCUT2D eigenvalue weighted by Crippen LogP contribution is -2.32. The van der Waals surface area contributed by atoms with Gasteiger partial charge in [0.15, 0.2) is 9.84 Å². The Morgan fingerprint density at radius 2 is 2.22 bits per heavy atom. The molecule has 1 aliphatic rings. The van der Waals surface area contributed by atoms with Gasteiger partial charge in [-0.25, -0.2) is 8.42 Å². The molecule has 0 radical (unpaired) electrons. The van der Waals surface area contributed by atoms with Gasteiger partial charge in [0.05, 0.1) is 18.1 Å². The summed E-state index contributed by atoms with van der Waals surface area (Å²) in [5.41, 5.74) is 1.02. The zero-order valence-electron chi connectivity index (χ0n) is 10.1. The molecule has 1 fully saturated rings. The van der Waals surface area contributed by atoms with Crippen LogP contribution in [0.3, 0.4) is 0 Å². The summed E-state index contributed by atoms with van der Waals surface area (Å²) in [6.07, 6.45) is 5.97. The van der Waals surface area contributed by atoms with Crippen LogP contribution in [0.5, 0.6) is 0 Å². The van der Waals surface area contributed by atoms with E-state index in [2.05, 4.69) is 15.3 Å². The minimum Gasteiger partial charge on any atom is -0.311 e. The average molecular weight is 267 g/mol. The normalized spacial score (nSPS) is 22.6. The van der Waals surface area contributed by atoms with Gasteiger partial charge in [0.25, 0.3) is 0 Å². The second kappa shape index (κ2) is 6.06. The lowest BCUT2D eigenvalue weighted by molar-refractivity contribution is 0.561. The average Bonchev–Trinajstić information content (AvgIpc) is 2.70. The van der Waals surface area contributed by atoms with Crippen molar-refractivity contribution in [1.29, 1.82) is 0 Å². The lowest BCUT2D eigenvalue weighted by atomic mass is 10.2. The van der Waals surface area contributed by atoms with E-state index in [0.717, 1.165) is 12.0 Å². The fourth-order valence-corrected chi connectivity index (χ4v) is 3.62. The molecule has 98 valence electrons. The van der Waals surface area contributed by atoms with E-state index >= 15 is 0 Å². The van der Waals surface area contributed by atoms with Gasteiger partial charge in [-0.3, -0.25) is 9.98 Å². The predicted octanol–water partition coefficient (Wildman–Crippen LogP) is 0.277. The number of nitrogens with one attached hydrogen (secondary N) is 1. The summed E-state index contributed by atoms with van der Waals surface area (Å²) in [6.45, 7) is 1.36. The molecule has 1 aromatic heterocycles. The molecule has 0 aliphatic carbocycles. The standard InChI is InChI=1S/C12H17N3O2S/c16-18(17)8-3-12(10-18)15-7-6-14-9-11-1-4-13-5-2-11/h1-2,4-5,9,12,15H,3,6-8,10H2/t12-/m1/s1. The van der Waals surface area contributed by atoms with Crippen molar-refractivity contribution >= 4 is 16.1 Å².